The van der Waals surface area contributed by atoms with E-state index in [4.69, 9.17) is 24.5 Å². The molecule has 0 amide bonds. The maximum atomic E-state index is 14.9. The Hall–Kier alpha value is -4.72. The normalized spacial score (nSPS) is 21.3. The van der Waals surface area contributed by atoms with Crippen LogP contribution in [-0.2, 0) is 23.6 Å². The Kier molecular flexibility index (Phi) is 6.64. The molecule has 7 rings (SSSR count). The van der Waals surface area contributed by atoms with Crippen molar-refractivity contribution in [1.29, 1.82) is 5.26 Å². The van der Waals surface area contributed by atoms with Gasteiger partial charge in [0.25, 0.3) is 5.79 Å². The molecule has 3 aliphatic rings. The number of ether oxygens (including phenoxy) is 3. The molecule has 9 nitrogen and oxygen atoms in total. The minimum absolute atomic E-state index is 0.100. The number of imidazole rings is 1. The lowest BCUT2D eigenvalue weighted by Gasteiger charge is -2.29. The summed E-state index contributed by atoms with van der Waals surface area (Å²) in [4.78, 5) is 18.8. The number of carbonyl (C=O) groups is 1. The first kappa shape index (κ1) is 27.1. The van der Waals surface area contributed by atoms with Gasteiger partial charge in [0, 0.05) is 32.2 Å². The maximum Gasteiger partial charge on any atom is 0.335 e. The van der Waals surface area contributed by atoms with Crippen LogP contribution in [-0.4, -0.2) is 51.3 Å². The van der Waals surface area contributed by atoms with Crippen LogP contribution in [0.15, 0.2) is 60.7 Å². The standard InChI is InChI=1S/C33H29FN4O5/c1-33(25-7-5-20(17-35)15-26(25)34)42-29-4-2-3-24(31(29)43-33)21-9-12-37(13-10-21)19-30-36-27-8-6-22(32(39)40)16-28(27)38(30)18-23-11-14-41-23/h2-9,15-16,23H,10-14,18-19H2,1H3,(H,39,40)/t23-,33?/m0/s1. The molecule has 43 heavy (non-hydrogen) atoms. The number of hydrogen-bond donors (Lipinski definition) is 1. The monoisotopic (exact) mass is 580 g/mol. The van der Waals surface area contributed by atoms with E-state index in [0.29, 0.717) is 31.1 Å². The highest BCUT2D eigenvalue weighted by atomic mass is 19.1. The Balaban J connectivity index is 1.12. The van der Waals surface area contributed by atoms with Gasteiger partial charge in [-0.15, -0.1) is 0 Å². The lowest BCUT2D eigenvalue weighted by atomic mass is 9.98. The van der Waals surface area contributed by atoms with Crippen molar-refractivity contribution in [2.75, 3.05) is 19.7 Å². The summed E-state index contributed by atoms with van der Waals surface area (Å²) >= 11 is 0. The summed E-state index contributed by atoms with van der Waals surface area (Å²) in [6, 6.07) is 17.0. The number of carboxylic acid groups (broad SMARTS) is 1. The summed E-state index contributed by atoms with van der Waals surface area (Å²) < 4.78 is 35.1. The summed E-state index contributed by atoms with van der Waals surface area (Å²) in [5, 5.41) is 18.6. The van der Waals surface area contributed by atoms with Crippen molar-refractivity contribution in [1.82, 2.24) is 14.5 Å². The number of nitrogens with zero attached hydrogens (tertiary/aromatic N) is 4. The van der Waals surface area contributed by atoms with Gasteiger partial charge in [0.05, 0.1) is 53.0 Å². The van der Waals surface area contributed by atoms with Crippen molar-refractivity contribution in [3.63, 3.8) is 0 Å². The zero-order valence-corrected chi connectivity index (χ0v) is 23.5. The Morgan fingerprint density at radius 3 is 2.77 bits per heavy atom. The first-order valence-corrected chi connectivity index (χ1v) is 14.3. The van der Waals surface area contributed by atoms with Crippen molar-refractivity contribution < 1.29 is 28.5 Å². The van der Waals surface area contributed by atoms with Gasteiger partial charge in [-0.3, -0.25) is 4.90 Å². The van der Waals surface area contributed by atoms with Gasteiger partial charge in [0.2, 0.25) is 0 Å². The first-order chi connectivity index (χ1) is 20.8. The average Bonchev–Trinajstić information content (AvgIpc) is 3.51. The number of para-hydroxylation sites is 1. The molecular weight excluding hydrogens is 551 g/mol. The molecule has 4 heterocycles. The fourth-order valence-corrected chi connectivity index (χ4v) is 6.00. The van der Waals surface area contributed by atoms with E-state index in [1.807, 2.05) is 24.3 Å². The van der Waals surface area contributed by atoms with E-state index in [-0.39, 0.29) is 22.8 Å². The molecule has 1 N–H and O–H groups in total. The van der Waals surface area contributed by atoms with Crippen LogP contribution in [0.2, 0.25) is 0 Å². The van der Waals surface area contributed by atoms with E-state index in [2.05, 4.69) is 15.5 Å². The molecule has 3 aliphatic heterocycles. The van der Waals surface area contributed by atoms with Crippen LogP contribution in [0.1, 0.15) is 52.6 Å². The highest BCUT2D eigenvalue weighted by Crippen LogP contribution is 2.49. The van der Waals surface area contributed by atoms with E-state index < -0.39 is 17.6 Å². The van der Waals surface area contributed by atoms with Crippen LogP contribution in [0, 0.1) is 17.1 Å². The zero-order valence-electron chi connectivity index (χ0n) is 23.5. The quantitative estimate of drug-likeness (QED) is 0.307. The molecule has 0 radical (unpaired) electrons. The molecule has 0 spiro atoms. The lowest BCUT2D eigenvalue weighted by Crippen LogP contribution is -2.34. The number of hydrogen-bond acceptors (Lipinski definition) is 7. The van der Waals surface area contributed by atoms with Crippen LogP contribution in [0.3, 0.4) is 0 Å². The first-order valence-electron chi connectivity index (χ1n) is 14.3. The van der Waals surface area contributed by atoms with E-state index >= 15 is 0 Å². The Bertz CT molecular complexity index is 1840. The molecule has 1 unspecified atom stereocenters. The highest BCUT2D eigenvalue weighted by molar-refractivity contribution is 5.92. The zero-order chi connectivity index (χ0) is 29.7. The van der Waals surface area contributed by atoms with E-state index in [0.717, 1.165) is 54.0 Å². The van der Waals surface area contributed by atoms with Crippen LogP contribution >= 0.6 is 0 Å². The molecule has 0 saturated carbocycles. The van der Waals surface area contributed by atoms with E-state index in [9.17, 15) is 14.3 Å². The van der Waals surface area contributed by atoms with E-state index in [1.54, 1.807) is 31.2 Å². The van der Waals surface area contributed by atoms with Crippen molar-refractivity contribution in [2.24, 2.45) is 0 Å². The fraction of sp³-hybridized carbons (Fsp3) is 0.303. The largest absolute Gasteiger partial charge is 0.478 e. The average molecular weight is 581 g/mol. The van der Waals surface area contributed by atoms with Gasteiger partial charge in [0.1, 0.15) is 11.6 Å². The third-order valence-electron chi connectivity index (χ3n) is 8.43. The molecule has 1 fully saturated rings. The van der Waals surface area contributed by atoms with Crippen molar-refractivity contribution in [3.8, 4) is 17.6 Å². The number of aromatic nitrogens is 2. The Morgan fingerprint density at radius 1 is 1.21 bits per heavy atom. The summed E-state index contributed by atoms with van der Waals surface area (Å²) in [7, 11) is 0. The second kappa shape index (κ2) is 10.5. The minimum atomic E-state index is -1.36. The van der Waals surface area contributed by atoms with Crippen molar-refractivity contribution in [2.45, 2.75) is 44.7 Å². The summed E-state index contributed by atoms with van der Waals surface area (Å²) in [6.45, 7) is 5.13. The van der Waals surface area contributed by atoms with Gasteiger partial charge in [0.15, 0.2) is 11.5 Å². The smallest absolute Gasteiger partial charge is 0.335 e. The number of halogens is 1. The van der Waals surface area contributed by atoms with Crippen LogP contribution in [0.4, 0.5) is 4.39 Å². The van der Waals surface area contributed by atoms with Crippen molar-refractivity contribution >= 4 is 22.6 Å². The summed E-state index contributed by atoms with van der Waals surface area (Å²) in [6.07, 6.45) is 4.00. The molecule has 4 aromatic rings. The predicted octanol–water partition coefficient (Wildman–Crippen LogP) is 5.47. The van der Waals surface area contributed by atoms with Gasteiger partial charge in [-0.05, 0) is 60.9 Å². The van der Waals surface area contributed by atoms with Gasteiger partial charge < -0.3 is 23.9 Å². The predicted molar refractivity (Wildman–Crippen MR) is 155 cm³/mol. The Labute approximate surface area is 247 Å². The molecule has 0 aliphatic carbocycles. The van der Waals surface area contributed by atoms with Gasteiger partial charge in [-0.2, -0.15) is 5.26 Å². The number of rotatable bonds is 7. The second-order valence-corrected chi connectivity index (χ2v) is 11.2. The second-order valence-electron chi connectivity index (χ2n) is 11.2. The molecule has 2 atom stereocenters. The van der Waals surface area contributed by atoms with Crippen LogP contribution in [0.25, 0.3) is 16.6 Å². The SMILES string of the molecule is CC1(c2ccc(C#N)cc2F)Oc2cccc(C3=CCN(Cc4nc5ccc(C(=O)O)cc5n4C[C@@H]4CCO4)CC3)c2O1. The molecule has 1 aromatic heterocycles. The van der Waals surface area contributed by atoms with Crippen LogP contribution < -0.4 is 9.47 Å². The molecule has 218 valence electrons. The van der Waals surface area contributed by atoms with Gasteiger partial charge in [-0.25, -0.2) is 14.2 Å². The maximum absolute atomic E-state index is 14.9. The number of aromatic carboxylic acids is 1. The molecule has 0 bridgehead atoms. The van der Waals surface area contributed by atoms with Gasteiger partial charge >= 0.3 is 5.97 Å². The fourth-order valence-electron chi connectivity index (χ4n) is 6.00. The summed E-state index contributed by atoms with van der Waals surface area (Å²) in [5.74, 6) is -0.889. The number of fused-ring (bicyclic) bond motifs is 2. The molecular formula is C33H29FN4O5. The number of nitriles is 1. The third kappa shape index (κ3) is 4.90. The van der Waals surface area contributed by atoms with Crippen LogP contribution in [0.5, 0.6) is 11.5 Å². The number of benzene rings is 3. The highest BCUT2D eigenvalue weighted by Gasteiger charge is 2.42. The molecule has 1 saturated heterocycles. The van der Waals surface area contributed by atoms with E-state index in [1.165, 1.54) is 12.1 Å². The summed E-state index contributed by atoms with van der Waals surface area (Å²) in [5.41, 5.74) is 4.29. The number of carboxylic acids is 1. The topological polar surface area (TPSA) is 110 Å². The third-order valence-corrected chi connectivity index (χ3v) is 8.43. The minimum Gasteiger partial charge on any atom is -0.478 e. The van der Waals surface area contributed by atoms with Gasteiger partial charge in [-0.1, -0.05) is 18.2 Å². The molecule has 10 heteroatoms. The lowest BCUT2D eigenvalue weighted by molar-refractivity contribution is -0.0708. The Morgan fingerprint density at radius 2 is 2.07 bits per heavy atom. The van der Waals surface area contributed by atoms with Crippen molar-refractivity contribution in [3.05, 3.63) is 94.6 Å². The molecule has 3 aromatic carbocycles.